The van der Waals surface area contributed by atoms with Gasteiger partial charge in [0.05, 0.1) is 0 Å². The summed E-state index contributed by atoms with van der Waals surface area (Å²) in [6, 6.07) is 6.22. The van der Waals surface area contributed by atoms with Crippen molar-refractivity contribution >= 4 is 17.3 Å². The van der Waals surface area contributed by atoms with Crippen LogP contribution in [-0.2, 0) is 4.74 Å². The van der Waals surface area contributed by atoms with Gasteiger partial charge in [0, 0.05) is 56.1 Å². The monoisotopic (exact) mass is 309 g/mol. The maximum Gasteiger partial charge on any atom is 0.0469 e. The lowest BCUT2D eigenvalue weighted by molar-refractivity contribution is 0.0215. The molecular formula is C16H24ClN3O. The fourth-order valence-electron chi connectivity index (χ4n) is 3.54. The van der Waals surface area contributed by atoms with Gasteiger partial charge in [0.1, 0.15) is 0 Å². The van der Waals surface area contributed by atoms with Gasteiger partial charge in [-0.3, -0.25) is 4.90 Å². The fourth-order valence-corrected chi connectivity index (χ4v) is 3.72. The maximum absolute atomic E-state index is 6.27. The van der Waals surface area contributed by atoms with Crippen molar-refractivity contribution in [3.05, 3.63) is 28.8 Å². The van der Waals surface area contributed by atoms with E-state index in [1.165, 1.54) is 5.56 Å². The van der Waals surface area contributed by atoms with Crippen LogP contribution in [0.25, 0.3) is 0 Å². The molecule has 2 heterocycles. The minimum atomic E-state index is 0.356. The molecule has 3 N–H and O–H groups in total. The summed E-state index contributed by atoms with van der Waals surface area (Å²) in [4.78, 5) is 2.56. The van der Waals surface area contributed by atoms with Gasteiger partial charge in [-0.05, 0) is 42.5 Å². The van der Waals surface area contributed by atoms with Gasteiger partial charge in [-0.25, -0.2) is 0 Å². The number of piperazine rings is 1. The summed E-state index contributed by atoms with van der Waals surface area (Å²) in [5.41, 5.74) is 8.32. The molecule has 2 aliphatic heterocycles. The average Bonchev–Trinajstić information content (AvgIpc) is 2.53. The number of hydrogen-bond donors (Lipinski definition) is 2. The lowest BCUT2D eigenvalue weighted by Gasteiger charge is -2.41. The highest BCUT2D eigenvalue weighted by molar-refractivity contribution is 6.30. The van der Waals surface area contributed by atoms with Crippen LogP contribution >= 0.6 is 11.6 Å². The highest BCUT2D eigenvalue weighted by Crippen LogP contribution is 2.38. The quantitative estimate of drug-likeness (QED) is 0.841. The number of anilines is 1. The van der Waals surface area contributed by atoms with Crippen molar-refractivity contribution in [1.29, 1.82) is 0 Å². The molecular weight excluding hydrogens is 286 g/mol. The Kier molecular flexibility index (Phi) is 5.01. The number of hydrogen-bond acceptors (Lipinski definition) is 4. The normalized spacial score (nSPS) is 23.1. The standard InChI is InChI=1S/C16H24ClN3O/c17-13-1-2-15(18)14(11-13)16(12-3-9-21-10-4-12)20-7-5-19-6-8-20/h1-2,11-12,16,19H,3-10,18H2/t16-/m1/s1. The molecule has 3 rings (SSSR count). The lowest BCUT2D eigenvalue weighted by atomic mass is 9.85. The molecule has 2 saturated heterocycles. The second-order valence-corrected chi connectivity index (χ2v) is 6.39. The molecule has 1 atom stereocenters. The van der Waals surface area contributed by atoms with Gasteiger partial charge in [0.2, 0.25) is 0 Å². The number of nitrogens with zero attached hydrogens (tertiary/aromatic N) is 1. The van der Waals surface area contributed by atoms with E-state index in [0.717, 1.165) is 62.9 Å². The topological polar surface area (TPSA) is 50.5 Å². The van der Waals surface area contributed by atoms with Crippen molar-refractivity contribution in [2.45, 2.75) is 18.9 Å². The first-order chi connectivity index (χ1) is 10.3. The SMILES string of the molecule is Nc1ccc(Cl)cc1[C@@H](C1CCOCC1)N1CCNCC1. The Labute approximate surface area is 131 Å². The number of halogens is 1. The summed E-state index contributed by atoms with van der Waals surface area (Å²) in [6.45, 7) is 5.92. The predicted octanol–water partition coefficient (Wildman–Crippen LogP) is 2.30. The molecule has 4 nitrogen and oxygen atoms in total. The first-order valence-corrected chi connectivity index (χ1v) is 8.21. The van der Waals surface area contributed by atoms with Gasteiger partial charge in [-0.2, -0.15) is 0 Å². The number of ether oxygens (including phenoxy) is 1. The summed E-state index contributed by atoms with van der Waals surface area (Å²) >= 11 is 6.23. The number of nitrogen functional groups attached to an aromatic ring is 1. The van der Waals surface area contributed by atoms with E-state index in [2.05, 4.69) is 16.3 Å². The van der Waals surface area contributed by atoms with Crippen LogP contribution in [0.15, 0.2) is 18.2 Å². The molecule has 0 unspecified atom stereocenters. The Bertz CT molecular complexity index is 453. The molecule has 2 aliphatic rings. The van der Waals surface area contributed by atoms with E-state index < -0.39 is 0 Å². The molecule has 1 aromatic rings. The first kappa shape index (κ1) is 15.1. The van der Waals surface area contributed by atoms with E-state index in [1.807, 2.05) is 12.1 Å². The summed E-state index contributed by atoms with van der Waals surface area (Å²) in [5, 5.41) is 4.20. The molecule has 5 heteroatoms. The van der Waals surface area contributed by atoms with Crippen LogP contribution in [0, 0.1) is 5.92 Å². The highest BCUT2D eigenvalue weighted by Gasteiger charge is 2.32. The molecule has 0 spiro atoms. The van der Waals surface area contributed by atoms with E-state index in [-0.39, 0.29) is 0 Å². The van der Waals surface area contributed by atoms with Gasteiger partial charge in [-0.15, -0.1) is 0 Å². The molecule has 116 valence electrons. The van der Waals surface area contributed by atoms with Crippen LogP contribution in [0.4, 0.5) is 5.69 Å². The Hall–Kier alpha value is -0.810. The third-order valence-electron chi connectivity index (χ3n) is 4.62. The lowest BCUT2D eigenvalue weighted by Crippen LogP contribution is -2.47. The van der Waals surface area contributed by atoms with Crippen molar-refractivity contribution in [3.8, 4) is 0 Å². The van der Waals surface area contributed by atoms with E-state index in [0.29, 0.717) is 12.0 Å². The van der Waals surface area contributed by atoms with Crippen molar-refractivity contribution in [1.82, 2.24) is 10.2 Å². The average molecular weight is 310 g/mol. The Balaban J connectivity index is 1.91. The summed E-state index contributed by atoms with van der Waals surface area (Å²) in [7, 11) is 0. The van der Waals surface area contributed by atoms with Crippen LogP contribution in [0.3, 0.4) is 0 Å². The van der Waals surface area contributed by atoms with E-state index in [9.17, 15) is 0 Å². The predicted molar refractivity (Wildman–Crippen MR) is 86.6 cm³/mol. The molecule has 0 aliphatic carbocycles. The van der Waals surface area contributed by atoms with Crippen molar-refractivity contribution < 1.29 is 4.74 Å². The van der Waals surface area contributed by atoms with Crippen LogP contribution in [0.5, 0.6) is 0 Å². The molecule has 0 saturated carbocycles. The first-order valence-electron chi connectivity index (χ1n) is 7.83. The van der Waals surface area contributed by atoms with Crippen LogP contribution in [0.1, 0.15) is 24.4 Å². The second kappa shape index (κ2) is 6.97. The second-order valence-electron chi connectivity index (χ2n) is 5.95. The van der Waals surface area contributed by atoms with Gasteiger partial charge in [-0.1, -0.05) is 11.6 Å². The van der Waals surface area contributed by atoms with E-state index in [4.69, 9.17) is 22.1 Å². The Morgan fingerprint density at radius 1 is 1.24 bits per heavy atom. The molecule has 1 aromatic carbocycles. The van der Waals surface area contributed by atoms with Crippen molar-refractivity contribution in [2.75, 3.05) is 45.1 Å². The highest BCUT2D eigenvalue weighted by atomic mass is 35.5. The largest absolute Gasteiger partial charge is 0.398 e. The number of benzene rings is 1. The van der Waals surface area contributed by atoms with Crippen molar-refractivity contribution in [2.24, 2.45) is 5.92 Å². The molecule has 21 heavy (non-hydrogen) atoms. The summed E-state index contributed by atoms with van der Waals surface area (Å²) < 4.78 is 5.54. The van der Waals surface area contributed by atoms with Gasteiger partial charge >= 0.3 is 0 Å². The van der Waals surface area contributed by atoms with Crippen LogP contribution in [-0.4, -0.2) is 44.3 Å². The van der Waals surface area contributed by atoms with E-state index in [1.54, 1.807) is 0 Å². The Morgan fingerprint density at radius 2 is 1.95 bits per heavy atom. The maximum atomic E-state index is 6.27. The van der Waals surface area contributed by atoms with Crippen LogP contribution in [0.2, 0.25) is 5.02 Å². The number of nitrogens with one attached hydrogen (secondary N) is 1. The van der Waals surface area contributed by atoms with Gasteiger partial charge < -0.3 is 15.8 Å². The van der Waals surface area contributed by atoms with Gasteiger partial charge in [0.25, 0.3) is 0 Å². The van der Waals surface area contributed by atoms with E-state index >= 15 is 0 Å². The Morgan fingerprint density at radius 3 is 2.67 bits per heavy atom. The van der Waals surface area contributed by atoms with Gasteiger partial charge in [0.15, 0.2) is 0 Å². The molecule has 0 radical (unpaired) electrons. The zero-order valence-electron chi connectivity index (χ0n) is 12.4. The summed E-state index contributed by atoms with van der Waals surface area (Å²) in [5.74, 6) is 0.595. The summed E-state index contributed by atoms with van der Waals surface area (Å²) in [6.07, 6.45) is 2.20. The van der Waals surface area contributed by atoms with Crippen LogP contribution < -0.4 is 11.1 Å². The third kappa shape index (κ3) is 3.51. The number of nitrogens with two attached hydrogens (primary N) is 1. The number of rotatable bonds is 3. The molecule has 0 bridgehead atoms. The smallest absolute Gasteiger partial charge is 0.0469 e. The van der Waals surface area contributed by atoms with Crippen molar-refractivity contribution in [3.63, 3.8) is 0 Å². The zero-order valence-corrected chi connectivity index (χ0v) is 13.1. The minimum absolute atomic E-state index is 0.356. The fraction of sp³-hybridized carbons (Fsp3) is 0.625. The zero-order chi connectivity index (χ0) is 14.7. The molecule has 0 amide bonds. The molecule has 2 fully saturated rings. The minimum Gasteiger partial charge on any atom is -0.398 e. The third-order valence-corrected chi connectivity index (χ3v) is 4.86. The molecule has 0 aromatic heterocycles.